The summed E-state index contributed by atoms with van der Waals surface area (Å²) in [5.74, 6) is -1.11. The molecule has 1 aliphatic carbocycles. The molecule has 2 atom stereocenters. The molecule has 0 saturated heterocycles. The Morgan fingerprint density at radius 3 is 2.19 bits per heavy atom. The van der Waals surface area contributed by atoms with Crippen LogP contribution in [0.25, 0.3) is 11.1 Å². The van der Waals surface area contributed by atoms with Crippen molar-refractivity contribution < 1.29 is 18.4 Å². The number of amides is 1. The van der Waals surface area contributed by atoms with Crippen molar-refractivity contribution in [2.45, 2.75) is 36.6 Å². The lowest BCUT2D eigenvalue weighted by atomic mass is 9.85. The van der Waals surface area contributed by atoms with Gasteiger partial charge in [-0.15, -0.1) is 0 Å². The molecule has 1 amide bonds. The average Bonchev–Trinajstić information content (AvgIpc) is 2.68. The Hall–Kier alpha value is -2.22. The molecule has 0 bridgehead atoms. The van der Waals surface area contributed by atoms with E-state index in [2.05, 4.69) is 4.72 Å². The van der Waals surface area contributed by atoms with Gasteiger partial charge in [0.15, 0.2) is 0 Å². The van der Waals surface area contributed by atoms with Gasteiger partial charge in [0, 0.05) is 6.04 Å². The van der Waals surface area contributed by atoms with E-state index in [1.165, 1.54) is 0 Å². The van der Waals surface area contributed by atoms with Crippen LogP contribution >= 0.6 is 0 Å². The van der Waals surface area contributed by atoms with Crippen molar-refractivity contribution in [2.75, 3.05) is 0 Å². The number of nitrogens with one attached hydrogen (secondary N) is 2. The van der Waals surface area contributed by atoms with Crippen LogP contribution in [0, 0.1) is 5.92 Å². The van der Waals surface area contributed by atoms with Crippen LogP contribution in [0.1, 0.15) is 25.7 Å². The number of hydrogen-bond acceptors (Lipinski definition) is 4. The Bertz CT molecular complexity index is 851. The standard InChI is InChI=1S/C19H22N2O4S/c22-19(20-23)17-8-4-5-9-18(17)21-26(24,25)16-12-10-15(11-13-16)14-6-2-1-3-7-14/h1-3,6-7,10-13,17-18,21,23H,4-5,8-9H2,(H,20,22)/t17-,18+/m1/s1. The van der Waals surface area contributed by atoms with E-state index in [1.807, 2.05) is 30.3 Å². The van der Waals surface area contributed by atoms with Gasteiger partial charge in [0.2, 0.25) is 15.9 Å². The molecule has 0 spiro atoms. The van der Waals surface area contributed by atoms with Gasteiger partial charge in [-0.3, -0.25) is 10.0 Å². The second kappa shape index (κ2) is 7.99. The summed E-state index contributed by atoms with van der Waals surface area (Å²) in [6, 6.07) is 15.8. The molecule has 0 aromatic heterocycles. The van der Waals surface area contributed by atoms with Gasteiger partial charge in [0.25, 0.3) is 0 Å². The Balaban J connectivity index is 1.78. The lowest BCUT2D eigenvalue weighted by Gasteiger charge is -2.30. The average molecular weight is 374 g/mol. The summed E-state index contributed by atoms with van der Waals surface area (Å²) >= 11 is 0. The molecule has 1 saturated carbocycles. The quantitative estimate of drug-likeness (QED) is 0.554. The zero-order valence-corrected chi connectivity index (χ0v) is 15.1. The molecule has 0 radical (unpaired) electrons. The largest absolute Gasteiger partial charge is 0.289 e. The van der Waals surface area contributed by atoms with E-state index in [1.54, 1.807) is 29.7 Å². The SMILES string of the molecule is O=C(NO)[C@@H]1CCCC[C@@H]1NS(=O)(=O)c1ccc(-c2ccccc2)cc1. The van der Waals surface area contributed by atoms with Crippen LogP contribution in [0.4, 0.5) is 0 Å². The highest BCUT2D eigenvalue weighted by molar-refractivity contribution is 7.89. The molecule has 138 valence electrons. The second-order valence-corrected chi connectivity index (χ2v) is 8.20. The van der Waals surface area contributed by atoms with E-state index in [0.717, 1.165) is 24.0 Å². The summed E-state index contributed by atoms with van der Waals surface area (Å²) in [5, 5.41) is 8.88. The van der Waals surface area contributed by atoms with Crippen molar-refractivity contribution in [3.05, 3.63) is 54.6 Å². The molecule has 0 aliphatic heterocycles. The molecule has 6 nitrogen and oxygen atoms in total. The lowest BCUT2D eigenvalue weighted by Crippen LogP contribution is -2.47. The summed E-state index contributed by atoms with van der Waals surface area (Å²) in [6.45, 7) is 0. The molecule has 0 unspecified atom stereocenters. The Morgan fingerprint density at radius 2 is 1.54 bits per heavy atom. The Labute approximate surface area is 153 Å². The summed E-state index contributed by atoms with van der Waals surface area (Å²) in [6.07, 6.45) is 2.80. The van der Waals surface area contributed by atoms with Crippen molar-refractivity contribution >= 4 is 15.9 Å². The third kappa shape index (κ3) is 4.12. The van der Waals surface area contributed by atoms with Gasteiger partial charge in [-0.05, 0) is 36.1 Å². The van der Waals surface area contributed by atoms with Crippen LogP contribution in [-0.4, -0.2) is 25.6 Å². The molecule has 26 heavy (non-hydrogen) atoms. The molecular formula is C19H22N2O4S. The van der Waals surface area contributed by atoms with Crippen LogP contribution in [0.15, 0.2) is 59.5 Å². The van der Waals surface area contributed by atoms with Crippen molar-refractivity contribution in [1.82, 2.24) is 10.2 Å². The van der Waals surface area contributed by atoms with E-state index >= 15 is 0 Å². The van der Waals surface area contributed by atoms with E-state index in [9.17, 15) is 13.2 Å². The minimum atomic E-state index is -3.75. The van der Waals surface area contributed by atoms with E-state index in [-0.39, 0.29) is 4.90 Å². The fourth-order valence-electron chi connectivity index (χ4n) is 3.39. The molecule has 7 heteroatoms. The summed E-state index contributed by atoms with van der Waals surface area (Å²) < 4.78 is 28.0. The molecule has 2 aromatic rings. The highest BCUT2D eigenvalue weighted by Crippen LogP contribution is 2.27. The van der Waals surface area contributed by atoms with Crippen molar-refractivity contribution in [2.24, 2.45) is 5.92 Å². The normalized spacial score (nSPS) is 20.5. The number of hydrogen-bond donors (Lipinski definition) is 3. The number of rotatable bonds is 5. The minimum absolute atomic E-state index is 0.158. The maximum Gasteiger partial charge on any atom is 0.248 e. The van der Waals surface area contributed by atoms with Crippen molar-refractivity contribution in [3.8, 4) is 11.1 Å². The number of carbonyl (C=O) groups excluding carboxylic acids is 1. The van der Waals surface area contributed by atoms with Gasteiger partial charge in [0.05, 0.1) is 10.8 Å². The predicted molar refractivity (Wildman–Crippen MR) is 97.9 cm³/mol. The molecule has 3 rings (SSSR count). The molecule has 3 N–H and O–H groups in total. The van der Waals surface area contributed by atoms with Crippen LogP contribution in [0.3, 0.4) is 0 Å². The van der Waals surface area contributed by atoms with E-state index < -0.39 is 27.9 Å². The van der Waals surface area contributed by atoms with Gasteiger partial charge in [-0.25, -0.2) is 18.6 Å². The van der Waals surface area contributed by atoms with Crippen molar-refractivity contribution in [1.29, 1.82) is 0 Å². The fourth-order valence-corrected chi connectivity index (χ4v) is 4.70. The molecular weight excluding hydrogens is 352 g/mol. The third-order valence-corrected chi connectivity index (χ3v) is 6.30. The maximum absolute atomic E-state index is 12.7. The molecule has 1 fully saturated rings. The first-order chi connectivity index (χ1) is 12.5. The predicted octanol–water partition coefficient (Wildman–Crippen LogP) is 2.70. The fraction of sp³-hybridized carbons (Fsp3) is 0.316. The highest BCUT2D eigenvalue weighted by atomic mass is 32.2. The van der Waals surface area contributed by atoms with E-state index in [4.69, 9.17) is 5.21 Å². The minimum Gasteiger partial charge on any atom is -0.289 e. The molecule has 1 aliphatic rings. The Kier molecular flexibility index (Phi) is 5.70. The van der Waals surface area contributed by atoms with E-state index in [0.29, 0.717) is 12.8 Å². The topological polar surface area (TPSA) is 95.5 Å². The smallest absolute Gasteiger partial charge is 0.248 e. The number of carbonyl (C=O) groups is 1. The number of hydroxylamine groups is 1. The van der Waals surface area contributed by atoms with Crippen LogP contribution < -0.4 is 10.2 Å². The molecule has 0 heterocycles. The summed E-state index contributed by atoms with van der Waals surface area (Å²) in [4.78, 5) is 12.0. The highest BCUT2D eigenvalue weighted by Gasteiger charge is 2.34. The summed E-state index contributed by atoms with van der Waals surface area (Å²) in [7, 11) is -3.75. The number of benzene rings is 2. The summed E-state index contributed by atoms with van der Waals surface area (Å²) in [5.41, 5.74) is 3.58. The van der Waals surface area contributed by atoms with Crippen LogP contribution in [-0.2, 0) is 14.8 Å². The van der Waals surface area contributed by atoms with Gasteiger partial charge in [-0.1, -0.05) is 55.3 Å². The van der Waals surface area contributed by atoms with Gasteiger partial charge < -0.3 is 0 Å². The zero-order valence-electron chi connectivity index (χ0n) is 14.3. The van der Waals surface area contributed by atoms with Gasteiger partial charge in [-0.2, -0.15) is 0 Å². The van der Waals surface area contributed by atoms with Gasteiger partial charge >= 0.3 is 0 Å². The monoisotopic (exact) mass is 374 g/mol. The van der Waals surface area contributed by atoms with Crippen molar-refractivity contribution in [3.63, 3.8) is 0 Å². The molecule has 2 aromatic carbocycles. The maximum atomic E-state index is 12.7. The van der Waals surface area contributed by atoms with Gasteiger partial charge in [0.1, 0.15) is 0 Å². The van der Waals surface area contributed by atoms with Crippen LogP contribution in [0.2, 0.25) is 0 Å². The first-order valence-corrected chi connectivity index (χ1v) is 10.1. The lowest BCUT2D eigenvalue weighted by molar-refractivity contribution is -0.135. The second-order valence-electron chi connectivity index (χ2n) is 6.49. The van der Waals surface area contributed by atoms with Crippen LogP contribution in [0.5, 0.6) is 0 Å². The third-order valence-electron chi connectivity index (χ3n) is 4.79. The first-order valence-electron chi connectivity index (χ1n) is 8.63. The first kappa shape index (κ1) is 18.6. The Morgan fingerprint density at radius 1 is 0.923 bits per heavy atom. The number of sulfonamides is 1. The zero-order chi connectivity index (χ0) is 18.6.